The number of nitrogens with zero attached hydrogens (tertiary/aromatic N) is 3. The fraction of sp³-hybridized carbons (Fsp3) is 0.889. The second kappa shape index (κ2) is 6.08. The van der Waals surface area contributed by atoms with Crippen LogP contribution in [0.15, 0.2) is 0 Å². The SMILES string of the molecule is CC(=O)N1CCC(N2C[C@H]3C[C@H](C2)[C@H]2CCCC(=O)N2C3)CC1. The van der Waals surface area contributed by atoms with E-state index < -0.39 is 0 Å². The van der Waals surface area contributed by atoms with Crippen molar-refractivity contribution < 1.29 is 9.59 Å². The summed E-state index contributed by atoms with van der Waals surface area (Å²) in [4.78, 5) is 30.6. The minimum Gasteiger partial charge on any atom is -0.343 e. The van der Waals surface area contributed by atoms with E-state index in [1.807, 2.05) is 4.90 Å². The minimum absolute atomic E-state index is 0.218. The molecule has 0 unspecified atom stereocenters. The number of carbonyl (C=O) groups excluding carboxylic acids is 2. The third kappa shape index (κ3) is 2.88. The highest BCUT2D eigenvalue weighted by atomic mass is 16.2. The van der Waals surface area contributed by atoms with E-state index in [1.54, 1.807) is 6.92 Å². The lowest BCUT2D eigenvalue weighted by Gasteiger charge is -2.54. The topological polar surface area (TPSA) is 43.9 Å². The second-order valence-corrected chi connectivity index (χ2v) is 8.06. The van der Waals surface area contributed by atoms with Crippen LogP contribution in [0.25, 0.3) is 0 Å². The predicted molar refractivity (Wildman–Crippen MR) is 87.8 cm³/mol. The molecule has 0 aromatic heterocycles. The zero-order valence-electron chi connectivity index (χ0n) is 14.2. The van der Waals surface area contributed by atoms with Gasteiger partial charge in [-0.25, -0.2) is 0 Å². The molecule has 4 saturated heterocycles. The lowest BCUT2D eigenvalue weighted by atomic mass is 9.75. The number of hydrogen-bond acceptors (Lipinski definition) is 3. The van der Waals surface area contributed by atoms with E-state index in [1.165, 1.54) is 12.8 Å². The van der Waals surface area contributed by atoms with Gasteiger partial charge in [0.1, 0.15) is 0 Å². The van der Waals surface area contributed by atoms with E-state index in [2.05, 4.69) is 9.80 Å². The Hall–Kier alpha value is -1.10. The third-order valence-corrected chi connectivity index (χ3v) is 6.63. The first-order chi connectivity index (χ1) is 11.1. The van der Waals surface area contributed by atoms with Crippen LogP contribution in [0.4, 0.5) is 0 Å². The Morgan fingerprint density at radius 3 is 2.61 bits per heavy atom. The van der Waals surface area contributed by atoms with Gasteiger partial charge in [-0.15, -0.1) is 0 Å². The Kier molecular flexibility index (Phi) is 4.08. The van der Waals surface area contributed by atoms with Gasteiger partial charge in [-0.1, -0.05) is 0 Å². The van der Waals surface area contributed by atoms with Gasteiger partial charge < -0.3 is 9.80 Å². The molecule has 0 N–H and O–H groups in total. The maximum absolute atomic E-state index is 12.2. The molecule has 4 fully saturated rings. The first kappa shape index (κ1) is 15.4. The average molecular weight is 319 g/mol. The van der Waals surface area contributed by atoms with E-state index >= 15 is 0 Å². The van der Waals surface area contributed by atoms with Gasteiger partial charge >= 0.3 is 0 Å². The van der Waals surface area contributed by atoms with Crippen LogP contribution in [0.3, 0.4) is 0 Å². The fourth-order valence-corrected chi connectivity index (χ4v) is 5.49. The van der Waals surface area contributed by atoms with Crippen molar-refractivity contribution >= 4 is 11.8 Å². The smallest absolute Gasteiger partial charge is 0.222 e. The van der Waals surface area contributed by atoms with Gasteiger partial charge in [0.15, 0.2) is 0 Å². The monoisotopic (exact) mass is 319 g/mol. The number of rotatable bonds is 1. The van der Waals surface area contributed by atoms with Crippen molar-refractivity contribution in [3.05, 3.63) is 0 Å². The summed E-state index contributed by atoms with van der Waals surface area (Å²) in [7, 11) is 0. The fourth-order valence-electron chi connectivity index (χ4n) is 5.49. The van der Waals surface area contributed by atoms with Crippen LogP contribution in [0.2, 0.25) is 0 Å². The van der Waals surface area contributed by atoms with Crippen molar-refractivity contribution in [1.29, 1.82) is 0 Å². The lowest BCUT2D eigenvalue weighted by molar-refractivity contribution is -0.146. The molecule has 0 aromatic rings. The number of carbonyl (C=O) groups is 2. The molecule has 0 aromatic carbocycles. The maximum atomic E-state index is 12.2. The van der Waals surface area contributed by atoms with Crippen LogP contribution < -0.4 is 0 Å². The summed E-state index contributed by atoms with van der Waals surface area (Å²) in [5, 5.41) is 0. The van der Waals surface area contributed by atoms with Crippen molar-refractivity contribution in [2.45, 2.75) is 57.5 Å². The van der Waals surface area contributed by atoms with Crippen molar-refractivity contribution in [2.24, 2.45) is 11.8 Å². The molecule has 4 aliphatic heterocycles. The zero-order chi connectivity index (χ0) is 16.0. The predicted octanol–water partition coefficient (Wildman–Crippen LogP) is 1.33. The standard InChI is InChI=1S/C18H29N3O2/c1-13(22)19-7-5-16(6-8-19)20-10-14-9-15(12-20)17-3-2-4-18(23)21(17)11-14/h14-17H,2-12H2,1H3/t14-,15-,17-/m1/s1. The van der Waals surface area contributed by atoms with Crippen LogP contribution in [0.5, 0.6) is 0 Å². The normalized spacial score (nSPS) is 36.0. The van der Waals surface area contributed by atoms with E-state index in [0.29, 0.717) is 29.8 Å². The Bertz CT molecular complexity index is 487. The first-order valence-electron chi connectivity index (χ1n) is 9.41. The van der Waals surface area contributed by atoms with Crippen LogP contribution in [0, 0.1) is 11.8 Å². The molecular formula is C18H29N3O2. The van der Waals surface area contributed by atoms with Crippen LogP contribution in [0.1, 0.15) is 45.4 Å². The first-order valence-corrected chi connectivity index (χ1v) is 9.41. The van der Waals surface area contributed by atoms with Gasteiger partial charge in [0, 0.05) is 58.2 Å². The molecule has 0 saturated carbocycles. The van der Waals surface area contributed by atoms with Gasteiger partial charge in [0.2, 0.25) is 11.8 Å². The number of hydrogen-bond donors (Lipinski definition) is 0. The quantitative estimate of drug-likeness (QED) is 0.732. The zero-order valence-corrected chi connectivity index (χ0v) is 14.2. The molecule has 4 rings (SSSR count). The molecule has 0 radical (unpaired) electrons. The molecule has 5 nitrogen and oxygen atoms in total. The number of piperidine rings is 4. The van der Waals surface area contributed by atoms with E-state index in [4.69, 9.17) is 0 Å². The van der Waals surface area contributed by atoms with E-state index in [9.17, 15) is 9.59 Å². The Balaban J connectivity index is 1.40. The highest BCUT2D eigenvalue weighted by Crippen LogP contribution is 2.39. The van der Waals surface area contributed by atoms with Crippen molar-refractivity contribution in [2.75, 3.05) is 32.7 Å². The Morgan fingerprint density at radius 1 is 1.09 bits per heavy atom. The second-order valence-electron chi connectivity index (χ2n) is 8.06. The van der Waals surface area contributed by atoms with E-state index in [0.717, 1.165) is 58.4 Å². The van der Waals surface area contributed by atoms with Gasteiger partial charge in [0.05, 0.1) is 0 Å². The largest absolute Gasteiger partial charge is 0.343 e. The summed E-state index contributed by atoms with van der Waals surface area (Å²) in [6.45, 7) is 6.82. The molecular weight excluding hydrogens is 290 g/mol. The molecule has 4 aliphatic rings. The van der Waals surface area contributed by atoms with Gasteiger partial charge in [0.25, 0.3) is 0 Å². The highest BCUT2D eigenvalue weighted by molar-refractivity contribution is 5.77. The van der Waals surface area contributed by atoms with Crippen LogP contribution >= 0.6 is 0 Å². The van der Waals surface area contributed by atoms with Crippen molar-refractivity contribution in [3.8, 4) is 0 Å². The Morgan fingerprint density at radius 2 is 1.87 bits per heavy atom. The summed E-state index contributed by atoms with van der Waals surface area (Å²) in [6, 6.07) is 1.15. The van der Waals surface area contributed by atoms with Crippen LogP contribution in [-0.4, -0.2) is 71.3 Å². The summed E-state index contributed by atoms with van der Waals surface area (Å²) in [5.74, 6) is 1.96. The van der Waals surface area contributed by atoms with Gasteiger partial charge in [-0.3, -0.25) is 14.5 Å². The number of fused-ring (bicyclic) bond motifs is 4. The average Bonchev–Trinajstić information content (AvgIpc) is 2.56. The molecule has 3 atom stereocenters. The maximum Gasteiger partial charge on any atom is 0.222 e. The summed E-state index contributed by atoms with van der Waals surface area (Å²) < 4.78 is 0. The van der Waals surface area contributed by atoms with Crippen LogP contribution in [-0.2, 0) is 9.59 Å². The molecule has 23 heavy (non-hydrogen) atoms. The highest BCUT2D eigenvalue weighted by Gasteiger charge is 2.45. The molecule has 5 heteroatoms. The van der Waals surface area contributed by atoms with Gasteiger partial charge in [-0.05, 0) is 43.9 Å². The van der Waals surface area contributed by atoms with Crippen molar-refractivity contribution in [3.63, 3.8) is 0 Å². The lowest BCUT2D eigenvalue weighted by Crippen LogP contribution is -2.62. The van der Waals surface area contributed by atoms with Crippen molar-refractivity contribution in [1.82, 2.24) is 14.7 Å². The molecule has 0 spiro atoms. The molecule has 2 amide bonds. The third-order valence-electron chi connectivity index (χ3n) is 6.63. The molecule has 128 valence electrons. The number of amides is 2. The summed E-state index contributed by atoms with van der Waals surface area (Å²) >= 11 is 0. The summed E-state index contributed by atoms with van der Waals surface area (Å²) in [5.41, 5.74) is 0. The molecule has 0 aliphatic carbocycles. The minimum atomic E-state index is 0.218. The molecule has 4 heterocycles. The van der Waals surface area contributed by atoms with E-state index in [-0.39, 0.29) is 5.91 Å². The summed E-state index contributed by atoms with van der Waals surface area (Å²) in [6.07, 6.45) is 6.61. The molecule has 2 bridgehead atoms. The number of likely N-dealkylation sites (tertiary alicyclic amines) is 2. The van der Waals surface area contributed by atoms with Gasteiger partial charge in [-0.2, -0.15) is 0 Å². The Labute approximate surface area is 139 Å².